The number of imidazole rings is 1. The van der Waals surface area contributed by atoms with Crippen molar-refractivity contribution in [2.75, 3.05) is 0 Å². The molecule has 0 aliphatic heterocycles. The van der Waals surface area contributed by atoms with E-state index in [0.717, 1.165) is 12.8 Å². The molecule has 0 saturated heterocycles. The first-order chi connectivity index (χ1) is 15.0. The number of para-hydroxylation sites is 1. The van der Waals surface area contributed by atoms with Gasteiger partial charge in [0.2, 0.25) is 0 Å². The van der Waals surface area contributed by atoms with Crippen molar-refractivity contribution in [2.24, 2.45) is 5.92 Å². The van der Waals surface area contributed by atoms with Crippen LogP contribution in [0.3, 0.4) is 0 Å². The van der Waals surface area contributed by atoms with Crippen LogP contribution in [0.2, 0.25) is 5.02 Å². The average Bonchev–Trinajstić information content (AvgIpc) is 3.51. The number of hydrogen-bond acceptors (Lipinski definition) is 4. The lowest BCUT2D eigenvalue weighted by molar-refractivity contribution is 0.0973. The molecular weight excluding hydrogens is 416 g/mol. The first kappa shape index (κ1) is 19.5. The lowest BCUT2D eigenvalue weighted by atomic mass is 10.1. The van der Waals surface area contributed by atoms with Crippen LogP contribution in [0.5, 0.6) is 0 Å². The molecule has 4 aromatic rings. The van der Waals surface area contributed by atoms with Crippen molar-refractivity contribution in [3.8, 4) is 5.69 Å². The van der Waals surface area contributed by atoms with Crippen molar-refractivity contribution in [1.82, 2.24) is 18.7 Å². The van der Waals surface area contributed by atoms with E-state index in [2.05, 4.69) is 4.98 Å². The highest BCUT2D eigenvalue weighted by molar-refractivity contribution is 6.31. The molecular formula is C23H19ClN4O3. The van der Waals surface area contributed by atoms with Gasteiger partial charge in [-0.1, -0.05) is 41.9 Å². The van der Waals surface area contributed by atoms with Gasteiger partial charge in [-0.3, -0.25) is 14.2 Å². The maximum atomic E-state index is 13.3. The van der Waals surface area contributed by atoms with Gasteiger partial charge in [0, 0.05) is 17.1 Å². The molecule has 0 N–H and O–H groups in total. The second kappa shape index (κ2) is 7.67. The van der Waals surface area contributed by atoms with E-state index in [0.29, 0.717) is 28.7 Å². The number of benzene rings is 2. The summed E-state index contributed by atoms with van der Waals surface area (Å²) in [6.07, 6.45) is 3.44. The van der Waals surface area contributed by atoms with Gasteiger partial charge in [0.15, 0.2) is 16.9 Å². The normalized spacial score (nSPS) is 13.6. The SMILES string of the molecule is O=C(Cn1cnc2c1c(=O)n(CC1CC1)c(=O)n2-c1ccccc1)c1cccc(Cl)c1. The van der Waals surface area contributed by atoms with E-state index in [-0.39, 0.29) is 23.5 Å². The molecule has 156 valence electrons. The van der Waals surface area contributed by atoms with Crippen LogP contribution in [-0.4, -0.2) is 24.5 Å². The first-order valence-corrected chi connectivity index (χ1v) is 10.5. The fourth-order valence-corrected chi connectivity index (χ4v) is 3.93. The summed E-state index contributed by atoms with van der Waals surface area (Å²) < 4.78 is 4.23. The third kappa shape index (κ3) is 3.61. The standard InChI is InChI=1S/C23H19ClN4O3/c24-17-6-4-5-16(11-17)19(29)13-26-14-25-21-20(26)22(30)27(12-15-9-10-15)23(31)28(21)18-7-2-1-3-8-18/h1-8,11,14-15H,9-10,12-13H2. The van der Waals surface area contributed by atoms with Crippen LogP contribution in [0.4, 0.5) is 0 Å². The summed E-state index contributed by atoms with van der Waals surface area (Å²) in [5.74, 6) is 0.129. The summed E-state index contributed by atoms with van der Waals surface area (Å²) in [6.45, 7) is 0.288. The van der Waals surface area contributed by atoms with Crippen molar-refractivity contribution in [3.63, 3.8) is 0 Å². The van der Waals surface area contributed by atoms with Crippen LogP contribution in [-0.2, 0) is 13.1 Å². The summed E-state index contributed by atoms with van der Waals surface area (Å²) >= 11 is 6.01. The highest BCUT2D eigenvalue weighted by atomic mass is 35.5. The van der Waals surface area contributed by atoms with Crippen LogP contribution in [0.25, 0.3) is 16.9 Å². The van der Waals surface area contributed by atoms with E-state index >= 15 is 0 Å². The van der Waals surface area contributed by atoms with Gasteiger partial charge >= 0.3 is 5.69 Å². The smallest absolute Gasteiger partial charge is 0.317 e. The van der Waals surface area contributed by atoms with Crippen LogP contribution < -0.4 is 11.2 Å². The Morgan fingerprint density at radius 1 is 1.06 bits per heavy atom. The molecule has 2 aromatic carbocycles. The number of nitrogens with zero attached hydrogens (tertiary/aromatic N) is 4. The molecule has 2 heterocycles. The summed E-state index contributed by atoms with van der Waals surface area (Å²) in [5, 5.41) is 0.464. The fourth-order valence-electron chi connectivity index (χ4n) is 3.74. The molecule has 8 heteroatoms. The Morgan fingerprint density at radius 2 is 1.84 bits per heavy atom. The Morgan fingerprint density at radius 3 is 2.55 bits per heavy atom. The van der Waals surface area contributed by atoms with E-state index in [1.807, 2.05) is 18.2 Å². The summed E-state index contributed by atoms with van der Waals surface area (Å²) in [4.78, 5) is 43.7. The van der Waals surface area contributed by atoms with Crippen molar-refractivity contribution < 1.29 is 4.79 Å². The number of carbonyl (C=O) groups excluding carboxylic acids is 1. The van der Waals surface area contributed by atoms with E-state index in [1.54, 1.807) is 36.4 Å². The Kier molecular flexibility index (Phi) is 4.82. The topological polar surface area (TPSA) is 78.9 Å². The number of ketones is 1. The Labute approximate surface area is 182 Å². The molecule has 1 saturated carbocycles. The summed E-state index contributed by atoms with van der Waals surface area (Å²) in [7, 11) is 0. The minimum absolute atomic E-state index is 0.0808. The molecule has 1 aliphatic rings. The molecule has 1 aliphatic carbocycles. The van der Waals surface area contributed by atoms with E-state index in [1.165, 1.54) is 20.0 Å². The van der Waals surface area contributed by atoms with Gasteiger partial charge < -0.3 is 4.57 Å². The van der Waals surface area contributed by atoms with E-state index < -0.39 is 11.2 Å². The number of fused-ring (bicyclic) bond motifs is 1. The van der Waals surface area contributed by atoms with Crippen LogP contribution in [0, 0.1) is 5.92 Å². The Bertz CT molecular complexity index is 1410. The maximum Gasteiger partial charge on any atom is 0.337 e. The number of carbonyl (C=O) groups is 1. The van der Waals surface area contributed by atoms with Crippen molar-refractivity contribution in [3.05, 3.63) is 92.3 Å². The zero-order chi connectivity index (χ0) is 21.5. The van der Waals surface area contributed by atoms with Gasteiger partial charge in [-0.05, 0) is 43.0 Å². The van der Waals surface area contributed by atoms with Gasteiger partial charge in [-0.25, -0.2) is 14.3 Å². The van der Waals surface area contributed by atoms with Gasteiger partial charge in [0.25, 0.3) is 5.56 Å². The van der Waals surface area contributed by atoms with E-state index in [4.69, 9.17) is 11.6 Å². The molecule has 0 bridgehead atoms. The Hall–Kier alpha value is -3.45. The second-order valence-electron chi connectivity index (χ2n) is 7.79. The number of hydrogen-bond donors (Lipinski definition) is 0. The van der Waals surface area contributed by atoms with Crippen molar-refractivity contribution in [1.29, 1.82) is 0 Å². The molecule has 0 unspecified atom stereocenters. The van der Waals surface area contributed by atoms with Crippen LogP contribution in [0.15, 0.2) is 70.5 Å². The molecule has 0 radical (unpaired) electrons. The number of halogens is 1. The third-order valence-electron chi connectivity index (χ3n) is 5.51. The van der Waals surface area contributed by atoms with Gasteiger partial charge in [-0.15, -0.1) is 0 Å². The molecule has 1 fully saturated rings. The number of aromatic nitrogens is 4. The zero-order valence-corrected chi connectivity index (χ0v) is 17.3. The maximum absolute atomic E-state index is 13.3. The van der Waals surface area contributed by atoms with E-state index in [9.17, 15) is 14.4 Å². The largest absolute Gasteiger partial charge is 0.337 e. The van der Waals surface area contributed by atoms with Crippen LogP contribution >= 0.6 is 11.6 Å². The van der Waals surface area contributed by atoms with Crippen LogP contribution in [0.1, 0.15) is 23.2 Å². The van der Waals surface area contributed by atoms with Gasteiger partial charge in [0.1, 0.15) is 0 Å². The molecule has 5 rings (SSSR count). The van der Waals surface area contributed by atoms with Crippen molar-refractivity contribution in [2.45, 2.75) is 25.9 Å². The summed E-state index contributed by atoms with van der Waals surface area (Å²) in [5.41, 5.74) is 0.710. The number of Topliss-reactive ketones (excluding diaryl/α,β-unsaturated/α-hetero) is 1. The monoisotopic (exact) mass is 434 g/mol. The quantitative estimate of drug-likeness (QED) is 0.436. The highest BCUT2D eigenvalue weighted by Gasteiger charge is 2.26. The predicted molar refractivity (Wildman–Crippen MR) is 118 cm³/mol. The molecule has 7 nitrogen and oxygen atoms in total. The molecule has 0 atom stereocenters. The second-order valence-corrected chi connectivity index (χ2v) is 8.23. The lowest BCUT2D eigenvalue weighted by Crippen LogP contribution is -2.40. The third-order valence-corrected chi connectivity index (χ3v) is 5.75. The van der Waals surface area contributed by atoms with Gasteiger partial charge in [0.05, 0.1) is 18.6 Å². The Balaban J connectivity index is 1.68. The van der Waals surface area contributed by atoms with Gasteiger partial charge in [-0.2, -0.15) is 0 Å². The minimum atomic E-state index is -0.421. The summed E-state index contributed by atoms with van der Waals surface area (Å²) in [6, 6.07) is 15.8. The average molecular weight is 435 g/mol. The number of rotatable bonds is 6. The first-order valence-electron chi connectivity index (χ1n) is 10.1. The van der Waals surface area contributed by atoms with Crippen molar-refractivity contribution >= 4 is 28.5 Å². The fraction of sp³-hybridized carbons (Fsp3) is 0.217. The molecule has 2 aromatic heterocycles. The molecule has 31 heavy (non-hydrogen) atoms. The minimum Gasteiger partial charge on any atom is -0.317 e. The highest BCUT2D eigenvalue weighted by Crippen LogP contribution is 2.30. The predicted octanol–water partition coefficient (Wildman–Crippen LogP) is 3.30. The lowest BCUT2D eigenvalue weighted by Gasteiger charge is -2.12. The molecule has 0 spiro atoms. The zero-order valence-electron chi connectivity index (χ0n) is 16.6. The molecule has 0 amide bonds.